The number of nitrogens with one attached hydrogen (secondary N) is 2. The van der Waals surface area contributed by atoms with Gasteiger partial charge in [0.15, 0.2) is 9.84 Å². The minimum absolute atomic E-state index is 0.109. The fraction of sp³-hybridized carbons (Fsp3) is 0.300. The van der Waals surface area contributed by atoms with Gasteiger partial charge in [0.2, 0.25) is 11.8 Å². The van der Waals surface area contributed by atoms with Crippen molar-refractivity contribution in [3.63, 3.8) is 0 Å². The van der Waals surface area contributed by atoms with Crippen molar-refractivity contribution in [3.05, 3.63) is 42.5 Å². The summed E-state index contributed by atoms with van der Waals surface area (Å²) in [5.41, 5.74) is 1.11. The number of rotatable bonds is 7. The Morgan fingerprint density at radius 1 is 1.24 bits per heavy atom. The van der Waals surface area contributed by atoms with E-state index >= 15 is 0 Å². The zero-order chi connectivity index (χ0) is 21.0. The van der Waals surface area contributed by atoms with Gasteiger partial charge in [0.1, 0.15) is 5.75 Å². The molecule has 1 unspecified atom stereocenters. The number of para-hydroxylation sites is 2. The number of hydrogen-bond acceptors (Lipinski definition) is 6. The Hall–Kier alpha value is -2.52. The number of ether oxygens (including phenoxy) is 1. The molecule has 9 heteroatoms. The Morgan fingerprint density at radius 2 is 2.00 bits per heavy atom. The second-order valence-corrected chi connectivity index (χ2v) is 9.95. The molecule has 0 fully saturated rings. The van der Waals surface area contributed by atoms with Crippen LogP contribution in [0.15, 0.2) is 52.3 Å². The Kier molecular flexibility index (Phi) is 6.49. The molecule has 7 nitrogen and oxygen atoms in total. The minimum Gasteiger partial charge on any atom is -0.492 e. The Morgan fingerprint density at radius 3 is 2.76 bits per heavy atom. The quantitative estimate of drug-likeness (QED) is 0.693. The first-order chi connectivity index (χ1) is 13.8. The van der Waals surface area contributed by atoms with Crippen molar-refractivity contribution in [2.75, 3.05) is 23.0 Å². The number of hydrogen-bond donors (Lipinski definition) is 2. The summed E-state index contributed by atoms with van der Waals surface area (Å²) in [6.07, 6.45) is -0.180. The Labute approximate surface area is 174 Å². The summed E-state index contributed by atoms with van der Waals surface area (Å²) >= 11 is 1.31. The topological polar surface area (TPSA) is 102 Å². The molecule has 0 saturated heterocycles. The van der Waals surface area contributed by atoms with Crippen molar-refractivity contribution < 1.29 is 22.7 Å². The van der Waals surface area contributed by atoms with Gasteiger partial charge < -0.3 is 15.4 Å². The molecule has 0 radical (unpaired) electrons. The summed E-state index contributed by atoms with van der Waals surface area (Å²) in [6, 6.07) is 11.6. The molecule has 0 spiro atoms. The van der Waals surface area contributed by atoms with E-state index in [0.29, 0.717) is 28.6 Å². The van der Waals surface area contributed by atoms with Crippen LogP contribution >= 0.6 is 11.8 Å². The first-order valence-corrected chi connectivity index (χ1v) is 11.7. The third-order valence-corrected chi connectivity index (χ3v) is 7.17. The lowest BCUT2D eigenvalue weighted by Gasteiger charge is -2.21. The van der Waals surface area contributed by atoms with E-state index in [9.17, 15) is 18.0 Å². The van der Waals surface area contributed by atoms with E-state index in [1.54, 1.807) is 43.3 Å². The third-order valence-electron chi connectivity index (χ3n) is 4.30. The molecular formula is C20H22N2O5S2. The number of sulfone groups is 1. The number of amides is 2. The Balaban J connectivity index is 1.67. The summed E-state index contributed by atoms with van der Waals surface area (Å²) in [6.45, 7) is 4.05. The van der Waals surface area contributed by atoms with E-state index in [0.717, 1.165) is 0 Å². The van der Waals surface area contributed by atoms with Gasteiger partial charge in [-0.05, 0) is 44.2 Å². The largest absolute Gasteiger partial charge is 0.492 e. The van der Waals surface area contributed by atoms with Gasteiger partial charge in [-0.3, -0.25) is 9.59 Å². The standard InChI is InChI=1S/C20H22N2O5S2/c1-3-27-17-7-5-4-6-15(17)21-19(23)10-11-29(25,26)14-8-9-16-18(12-14)28-13(2)20(24)22-16/h4-9,12-13H,3,10-11H2,1-2H3,(H,21,23)(H,22,24). The zero-order valence-corrected chi connectivity index (χ0v) is 17.7. The number of carbonyl (C=O) groups is 2. The normalized spacial score (nSPS) is 15.9. The molecular weight excluding hydrogens is 412 g/mol. The van der Waals surface area contributed by atoms with Crippen LogP contribution in [0.5, 0.6) is 5.75 Å². The average Bonchev–Trinajstić information content (AvgIpc) is 2.69. The smallest absolute Gasteiger partial charge is 0.237 e. The van der Waals surface area contributed by atoms with Crippen LogP contribution in [-0.2, 0) is 19.4 Å². The summed E-state index contributed by atoms with van der Waals surface area (Å²) in [5, 5.41) is 5.16. The first-order valence-electron chi connectivity index (χ1n) is 9.16. The maximum Gasteiger partial charge on any atom is 0.237 e. The van der Waals surface area contributed by atoms with E-state index in [2.05, 4.69) is 10.6 Å². The highest BCUT2D eigenvalue weighted by Gasteiger charge is 2.25. The second kappa shape index (κ2) is 8.87. The molecule has 0 aromatic heterocycles. The predicted octanol–water partition coefficient (Wildman–Crippen LogP) is 3.32. The lowest BCUT2D eigenvalue weighted by atomic mass is 10.3. The molecule has 0 aliphatic carbocycles. The van der Waals surface area contributed by atoms with Gasteiger partial charge in [-0.2, -0.15) is 0 Å². The summed E-state index contributed by atoms with van der Waals surface area (Å²) < 4.78 is 30.8. The lowest BCUT2D eigenvalue weighted by molar-refractivity contribution is -0.116. The molecule has 2 amide bonds. The molecule has 1 aliphatic heterocycles. The van der Waals surface area contributed by atoms with Crippen LogP contribution in [0, 0.1) is 0 Å². The van der Waals surface area contributed by atoms with Gasteiger partial charge in [-0.15, -0.1) is 11.8 Å². The SMILES string of the molecule is CCOc1ccccc1NC(=O)CCS(=O)(=O)c1ccc2c(c1)SC(C)C(=O)N2. The third kappa shape index (κ3) is 5.10. The summed E-state index contributed by atoms with van der Waals surface area (Å²) in [7, 11) is -3.65. The van der Waals surface area contributed by atoms with Crippen LogP contribution in [0.2, 0.25) is 0 Å². The highest BCUT2D eigenvalue weighted by molar-refractivity contribution is 8.01. The number of benzene rings is 2. The van der Waals surface area contributed by atoms with Gasteiger partial charge in [0, 0.05) is 11.3 Å². The van der Waals surface area contributed by atoms with Gasteiger partial charge in [-0.1, -0.05) is 12.1 Å². The van der Waals surface area contributed by atoms with Gasteiger partial charge in [-0.25, -0.2) is 8.42 Å². The van der Waals surface area contributed by atoms with Crippen LogP contribution in [0.4, 0.5) is 11.4 Å². The fourth-order valence-electron chi connectivity index (χ4n) is 2.78. The molecule has 1 heterocycles. The van der Waals surface area contributed by atoms with E-state index in [1.807, 2.05) is 6.92 Å². The monoisotopic (exact) mass is 434 g/mol. The molecule has 3 rings (SSSR count). The van der Waals surface area contributed by atoms with Crippen LogP contribution in [0.1, 0.15) is 20.3 Å². The second-order valence-electron chi connectivity index (χ2n) is 6.45. The molecule has 1 atom stereocenters. The van der Waals surface area contributed by atoms with Crippen molar-refractivity contribution >= 4 is 44.8 Å². The molecule has 1 aliphatic rings. The van der Waals surface area contributed by atoms with E-state index in [1.165, 1.54) is 17.8 Å². The molecule has 0 bridgehead atoms. The number of anilines is 2. The molecule has 2 aromatic rings. The fourth-order valence-corrected chi connectivity index (χ4v) is 5.11. The molecule has 2 aromatic carbocycles. The van der Waals surface area contributed by atoms with Crippen LogP contribution in [0.25, 0.3) is 0 Å². The molecule has 2 N–H and O–H groups in total. The minimum atomic E-state index is -3.65. The Bertz CT molecular complexity index is 1040. The highest BCUT2D eigenvalue weighted by atomic mass is 32.2. The van der Waals surface area contributed by atoms with E-state index in [-0.39, 0.29) is 28.2 Å². The van der Waals surface area contributed by atoms with Crippen molar-refractivity contribution in [1.29, 1.82) is 0 Å². The highest BCUT2D eigenvalue weighted by Crippen LogP contribution is 2.37. The first kappa shape index (κ1) is 21.2. The number of thioether (sulfide) groups is 1. The van der Waals surface area contributed by atoms with E-state index in [4.69, 9.17) is 4.74 Å². The van der Waals surface area contributed by atoms with Crippen LogP contribution in [0.3, 0.4) is 0 Å². The summed E-state index contributed by atoms with van der Waals surface area (Å²) in [5.74, 6) is -0.300. The maximum absolute atomic E-state index is 12.7. The van der Waals surface area contributed by atoms with Crippen molar-refractivity contribution in [2.45, 2.75) is 35.3 Å². The molecule has 29 heavy (non-hydrogen) atoms. The van der Waals surface area contributed by atoms with Crippen molar-refractivity contribution in [3.8, 4) is 5.75 Å². The van der Waals surface area contributed by atoms with Crippen LogP contribution in [-0.4, -0.2) is 37.8 Å². The number of carbonyl (C=O) groups excluding carboxylic acids is 2. The summed E-state index contributed by atoms with van der Waals surface area (Å²) in [4.78, 5) is 24.8. The average molecular weight is 435 g/mol. The van der Waals surface area contributed by atoms with E-state index < -0.39 is 15.7 Å². The van der Waals surface area contributed by atoms with Crippen molar-refractivity contribution in [1.82, 2.24) is 0 Å². The molecule has 154 valence electrons. The maximum atomic E-state index is 12.7. The van der Waals surface area contributed by atoms with Gasteiger partial charge >= 0.3 is 0 Å². The van der Waals surface area contributed by atoms with Crippen molar-refractivity contribution in [2.24, 2.45) is 0 Å². The van der Waals surface area contributed by atoms with Gasteiger partial charge in [0.05, 0.1) is 33.9 Å². The molecule has 0 saturated carbocycles. The predicted molar refractivity (Wildman–Crippen MR) is 113 cm³/mol. The van der Waals surface area contributed by atoms with Crippen LogP contribution < -0.4 is 15.4 Å². The lowest BCUT2D eigenvalue weighted by Crippen LogP contribution is -2.26. The number of fused-ring (bicyclic) bond motifs is 1. The van der Waals surface area contributed by atoms with Gasteiger partial charge in [0.25, 0.3) is 0 Å². The zero-order valence-electron chi connectivity index (χ0n) is 16.1.